The SMILES string of the molecule is CC(C)C(=O)N1CCC(n2nc(-c3cccs3)ccc2=O)CC1. The first kappa shape index (κ1) is 15.9. The molecule has 0 radical (unpaired) electrons. The smallest absolute Gasteiger partial charge is 0.267 e. The Hall–Kier alpha value is -1.95. The molecule has 122 valence electrons. The number of nitrogens with zero attached hydrogens (tertiary/aromatic N) is 3. The van der Waals surface area contributed by atoms with Gasteiger partial charge in [0.15, 0.2) is 0 Å². The Bertz CT molecular complexity index is 729. The fraction of sp³-hybridized carbons (Fsp3) is 0.471. The van der Waals surface area contributed by atoms with Crippen LogP contribution in [-0.2, 0) is 4.79 Å². The van der Waals surface area contributed by atoms with Gasteiger partial charge < -0.3 is 4.90 Å². The maximum absolute atomic E-state index is 12.2. The first-order valence-electron chi connectivity index (χ1n) is 7.99. The van der Waals surface area contributed by atoms with E-state index in [9.17, 15) is 9.59 Å². The van der Waals surface area contributed by atoms with Crippen molar-refractivity contribution in [3.05, 3.63) is 40.0 Å². The molecule has 0 N–H and O–H groups in total. The van der Waals surface area contributed by atoms with Crippen molar-refractivity contribution in [3.63, 3.8) is 0 Å². The Morgan fingerprint density at radius 3 is 2.61 bits per heavy atom. The topological polar surface area (TPSA) is 55.2 Å². The first-order valence-corrected chi connectivity index (χ1v) is 8.87. The molecule has 1 saturated heterocycles. The number of likely N-dealkylation sites (tertiary alicyclic amines) is 1. The molecule has 1 aliphatic rings. The molecule has 1 amide bonds. The lowest BCUT2D eigenvalue weighted by molar-refractivity contribution is -0.135. The molecular formula is C17H21N3O2S. The Morgan fingerprint density at radius 1 is 1.26 bits per heavy atom. The third-order valence-corrected chi connectivity index (χ3v) is 5.11. The van der Waals surface area contributed by atoms with Gasteiger partial charge in [0.2, 0.25) is 5.91 Å². The summed E-state index contributed by atoms with van der Waals surface area (Å²) in [5.41, 5.74) is 0.763. The molecule has 3 rings (SSSR count). The Kier molecular flexibility index (Phi) is 4.61. The highest BCUT2D eigenvalue weighted by Gasteiger charge is 2.26. The highest BCUT2D eigenvalue weighted by molar-refractivity contribution is 7.13. The molecule has 23 heavy (non-hydrogen) atoms. The minimum Gasteiger partial charge on any atom is -0.342 e. The largest absolute Gasteiger partial charge is 0.342 e. The lowest BCUT2D eigenvalue weighted by atomic mass is 10.0. The number of amides is 1. The van der Waals surface area contributed by atoms with Gasteiger partial charge in [0.05, 0.1) is 10.9 Å². The van der Waals surface area contributed by atoms with E-state index >= 15 is 0 Å². The fourth-order valence-corrected chi connectivity index (χ4v) is 3.63. The van der Waals surface area contributed by atoms with Gasteiger partial charge in [-0.3, -0.25) is 9.59 Å². The number of hydrogen-bond acceptors (Lipinski definition) is 4. The van der Waals surface area contributed by atoms with E-state index in [1.165, 1.54) is 0 Å². The summed E-state index contributed by atoms with van der Waals surface area (Å²) in [6, 6.07) is 7.42. The van der Waals surface area contributed by atoms with Gasteiger partial charge in [0, 0.05) is 25.1 Å². The lowest BCUT2D eigenvalue weighted by Gasteiger charge is -2.33. The molecule has 0 aliphatic carbocycles. The second-order valence-electron chi connectivity index (χ2n) is 6.19. The normalized spacial score (nSPS) is 16.0. The van der Waals surface area contributed by atoms with Gasteiger partial charge in [-0.05, 0) is 30.4 Å². The van der Waals surface area contributed by atoms with Crippen molar-refractivity contribution in [2.24, 2.45) is 5.92 Å². The average molecular weight is 331 g/mol. The minimum absolute atomic E-state index is 0.0227. The van der Waals surface area contributed by atoms with E-state index < -0.39 is 0 Å². The van der Waals surface area contributed by atoms with Crippen LogP contribution in [-0.4, -0.2) is 33.7 Å². The van der Waals surface area contributed by atoms with Gasteiger partial charge >= 0.3 is 0 Å². The summed E-state index contributed by atoms with van der Waals surface area (Å²) in [5, 5.41) is 6.56. The minimum atomic E-state index is -0.0704. The molecule has 2 aromatic rings. The summed E-state index contributed by atoms with van der Waals surface area (Å²) in [6.07, 6.45) is 1.55. The van der Waals surface area contributed by atoms with Crippen molar-refractivity contribution in [1.82, 2.24) is 14.7 Å². The van der Waals surface area contributed by atoms with Crippen LogP contribution in [0, 0.1) is 5.92 Å². The summed E-state index contributed by atoms with van der Waals surface area (Å²) < 4.78 is 1.60. The fourth-order valence-electron chi connectivity index (χ4n) is 2.94. The van der Waals surface area contributed by atoms with Crippen molar-refractivity contribution in [3.8, 4) is 10.6 Å². The third-order valence-electron chi connectivity index (χ3n) is 4.21. The highest BCUT2D eigenvalue weighted by atomic mass is 32.1. The van der Waals surface area contributed by atoms with Crippen LogP contribution in [0.15, 0.2) is 34.4 Å². The zero-order valence-corrected chi connectivity index (χ0v) is 14.3. The molecular weight excluding hydrogens is 310 g/mol. The molecule has 2 aromatic heterocycles. The van der Waals surface area contributed by atoms with Crippen LogP contribution in [0.5, 0.6) is 0 Å². The summed E-state index contributed by atoms with van der Waals surface area (Å²) in [7, 11) is 0. The van der Waals surface area contributed by atoms with E-state index in [2.05, 4.69) is 5.10 Å². The van der Waals surface area contributed by atoms with Gasteiger partial charge in [-0.1, -0.05) is 19.9 Å². The second-order valence-corrected chi connectivity index (χ2v) is 7.14. The second kappa shape index (κ2) is 6.66. The van der Waals surface area contributed by atoms with Crippen molar-refractivity contribution in [2.45, 2.75) is 32.7 Å². The summed E-state index contributed by atoms with van der Waals surface area (Å²) in [6.45, 7) is 5.23. The number of aromatic nitrogens is 2. The Labute approximate surface area is 139 Å². The molecule has 3 heterocycles. The van der Waals surface area contributed by atoms with Crippen molar-refractivity contribution in [1.29, 1.82) is 0 Å². The summed E-state index contributed by atoms with van der Waals surface area (Å²) in [5.74, 6) is 0.214. The third kappa shape index (κ3) is 3.37. The number of carbonyl (C=O) groups excluding carboxylic acids is 1. The average Bonchev–Trinajstić information content (AvgIpc) is 3.09. The predicted molar refractivity (Wildman–Crippen MR) is 91.5 cm³/mol. The molecule has 5 nitrogen and oxygen atoms in total. The number of rotatable bonds is 3. The zero-order valence-electron chi connectivity index (χ0n) is 13.4. The van der Waals surface area contributed by atoms with E-state index in [1.54, 1.807) is 28.2 Å². The van der Waals surface area contributed by atoms with Crippen LogP contribution in [0.2, 0.25) is 0 Å². The van der Waals surface area contributed by atoms with E-state index in [0.717, 1.165) is 23.4 Å². The van der Waals surface area contributed by atoms with Gasteiger partial charge in [-0.15, -0.1) is 11.3 Å². The molecule has 6 heteroatoms. The number of piperidine rings is 1. The molecule has 0 atom stereocenters. The van der Waals surface area contributed by atoms with Crippen LogP contribution in [0.4, 0.5) is 0 Å². The molecule has 1 fully saturated rings. The molecule has 1 aliphatic heterocycles. The monoisotopic (exact) mass is 331 g/mol. The summed E-state index contributed by atoms with van der Waals surface area (Å²) in [4.78, 5) is 27.2. The van der Waals surface area contributed by atoms with Crippen LogP contribution >= 0.6 is 11.3 Å². The highest BCUT2D eigenvalue weighted by Crippen LogP contribution is 2.25. The first-order chi connectivity index (χ1) is 11.1. The molecule has 0 spiro atoms. The maximum atomic E-state index is 12.2. The Balaban J connectivity index is 1.77. The van der Waals surface area contributed by atoms with Gasteiger partial charge in [0.1, 0.15) is 5.69 Å². The zero-order chi connectivity index (χ0) is 16.4. The predicted octanol–water partition coefficient (Wildman–Crippen LogP) is 2.79. The number of carbonyl (C=O) groups is 1. The standard InChI is InChI=1S/C17H21N3O2S/c1-12(2)17(22)19-9-7-13(8-10-19)20-16(21)6-5-14(18-20)15-4-3-11-23-15/h3-6,11-13H,7-10H2,1-2H3. The van der Waals surface area contributed by atoms with E-state index in [0.29, 0.717) is 13.1 Å². The van der Waals surface area contributed by atoms with Crippen molar-refractivity contribution >= 4 is 17.2 Å². The lowest BCUT2D eigenvalue weighted by Crippen LogP contribution is -2.42. The van der Waals surface area contributed by atoms with E-state index in [-0.39, 0.29) is 23.4 Å². The number of hydrogen-bond donors (Lipinski definition) is 0. The molecule has 0 aromatic carbocycles. The molecule has 0 unspecified atom stereocenters. The van der Waals surface area contributed by atoms with Crippen molar-refractivity contribution in [2.75, 3.05) is 13.1 Å². The summed E-state index contributed by atoms with van der Waals surface area (Å²) >= 11 is 1.61. The molecule has 0 bridgehead atoms. The van der Waals surface area contributed by atoms with Gasteiger partial charge in [-0.2, -0.15) is 5.10 Å². The van der Waals surface area contributed by atoms with Crippen LogP contribution in [0.3, 0.4) is 0 Å². The van der Waals surface area contributed by atoms with Crippen LogP contribution in [0.25, 0.3) is 10.6 Å². The maximum Gasteiger partial charge on any atom is 0.267 e. The van der Waals surface area contributed by atoms with Crippen LogP contribution in [0.1, 0.15) is 32.7 Å². The quantitative estimate of drug-likeness (QED) is 0.869. The number of thiophene rings is 1. The van der Waals surface area contributed by atoms with Crippen LogP contribution < -0.4 is 5.56 Å². The van der Waals surface area contributed by atoms with Gasteiger partial charge in [0.25, 0.3) is 5.56 Å². The molecule has 0 saturated carbocycles. The Morgan fingerprint density at radius 2 is 2.00 bits per heavy atom. The van der Waals surface area contributed by atoms with Crippen molar-refractivity contribution < 1.29 is 4.79 Å². The van der Waals surface area contributed by atoms with E-state index in [1.807, 2.05) is 36.3 Å². The van der Waals surface area contributed by atoms with Gasteiger partial charge in [-0.25, -0.2) is 4.68 Å². The van der Waals surface area contributed by atoms with E-state index in [4.69, 9.17) is 0 Å².